The normalized spacial score (nSPS) is 28.0. The summed E-state index contributed by atoms with van der Waals surface area (Å²) in [5, 5.41) is 6.28. The van der Waals surface area contributed by atoms with Crippen molar-refractivity contribution in [1.29, 1.82) is 0 Å². The Morgan fingerprint density at radius 3 is 3.00 bits per heavy atom. The Hall–Kier alpha value is -1.63. The van der Waals surface area contributed by atoms with Crippen molar-refractivity contribution in [2.45, 2.75) is 38.4 Å². The lowest BCUT2D eigenvalue weighted by Gasteiger charge is -2.16. The van der Waals surface area contributed by atoms with Crippen molar-refractivity contribution in [3.63, 3.8) is 0 Å². The molecule has 2 heterocycles. The first-order valence-corrected chi connectivity index (χ1v) is 6.95. The summed E-state index contributed by atoms with van der Waals surface area (Å²) in [6.07, 6.45) is 0.741. The predicted octanol–water partition coefficient (Wildman–Crippen LogP) is 0.244. The van der Waals surface area contributed by atoms with E-state index in [0.717, 1.165) is 12.1 Å². The maximum atomic E-state index is 12.2. The molecule has 1 fully saturated rings. The molecule has 6 nitrogen and oxygen atoms in total. The van der Waals surface area contributed by atoms with Crippen LogP contribution in [0.15, 0.2) is 18.2 Å². The van der Waals surface area contributed by atoms with Gasteiger partial charge < -0.3 is 10.6 Å². The highest BCUT2D eigenvalue weighted by Gasteiger charge is 2.29. The van der Waals surface area contributed by atoms with Crippen molar-refractivity contribution in [3.8, 4) is 0 Å². The van der Waals surface area contributed by atoms with Gasteiger partial charge in [0.05, 0.1) is 12.1 Å². The number of carbonyl (C=O) groups excluding carboxylic acids is 1. The lowest BCUT2D eigenvalue weighted by atomic mass is 10.1. The van der Waals surface area contributed by atoms with Gasteiger partial charge >= 0.3 is 0 Å². The molecular formula is C14H20N4O2. The van der Waals surface area contributed by atoms with Gasteiger partial charge in [-0.25, -0.2) is 4.94 Å². The van der Waals surface area contributed by atoms with Crippen LogP contribution in [0.3, 0.4) is 0 Å². The molecule has 0 aliphatic carbocycles. The van der Waals surface area contributed by atoms with Gasteiger partial charge in [-0.15, -0.1) is 0 Å². The van der Waals surface area contributed by atoms with E-state index in [1.165, 1.54) is 11.1 Å². The molecule has 20 heavy (non-hydrogen) atoms. The lowest BCUT2D eigenvalue weighted by Crippen LogP contribution is -2.46. The lowest BCUT2D eigenvalue weighted by molar-refractivity contribution is -0.121. The first-order valence-electron chi connectivity index (χ1n) is 6.95. The van der Waals surface area contributed by atoms with E-state index in [4.69, 9.17) is 4.94 Å². The number of hydrogen-bond acceptors (Lipinski definition) is 5. The number of benzene rings is 1. The predicted molar refractivity (Wildman–Crippen MR) is 75.9 cm³/mol. The Morgan fingerprint density at radius 1 is 1.45 bits per heavy atom. The number of anilines is 1. The molecule has 1 amide bonds. The van der Waals surface area contributed by atoms with E-state index in [2.05, 4.69) is 40.7 Å². The number of fused-ring (bicyclic) bond motifs is 1. The molecular weight excluding hydrogens is 256 g/mol. The quantitative estimate of drug-likeness (QED) is 0.636. The molecule has 4 N–H and O–H groups in total. The molecule has 2 aliphatic heterocycles. The van der Waals surface area contributed by atoms with Gasteiger partial charge in [0.25, 0.3) is 0 Å². The number of carbonyl (C=O) groups is 1. The summed E-state index contributed by atoms with van der Waals surface area (Å²) >= 11 is 0. The molecule has 0 spiro atoms. The van der Waals surface area contributed by atoms with Crippen LogP contribution < -0.4 is 21.6 Å². The second kappa shape index (κ2) is 5.40. The monoisotopic (exact) mass is 276 g/mol. The van der Waals surface area contributed by atoms with Crippen LogP contribution in [-0.4, -0.2) is 30.6 Å². The van der Waals surface area contributed by atoms with E-state index in [1.807, 2.05) is 13.0 Å². The van der Waals surface area contributed by atoms with E-state index in [1.54, 1.807) is 0 Å². The van der Waals surface area contributed by atoms with Crippen LogP contribution in [0, 0.1) is 6.92 Å². The Labute approximate surface area is 118 Å². The zero-order valence-corrected chi connectivity index (χ0v) is 11.7. The van der Waals surface area contributed by atoms with Crippen molar-refractivity contribution >= 4 is 11.6 Å². The van der Waals surface area contributed by atoms with Crippen LogP contribution in [0.1, 0.15) is 18.1 Å². The summed E-state index contributed by atoms with van der Waals surface area (Å²) in [5.74, 6) is 0.0292. The molecule has 0 radical (unpaired) electrons. The highest BCUT2D eigenvalue weighted by molar-refractivity contribution is 5.87. The Morgan fingerprint density at radius 2 is 2.30 bits per heavy atom. The second-order valence-electron chi connectivity index (χ2n) is 5.49. The molecule has 3 atom stereocenters. The molecule has 0 aromatic heterocycles. The Balaban J connectivity index is 1.56. The van der Waals surface area contributed by atoms with Crippen LogP contribution in [0.25, 0.3) is 0 Å². The minimum Gasteiger partial charge on any atom is -0.373 e. The van der Waals surface area contributed by atoms with E-state index >= 15 is 0 Å². The maximum absolute atomic E-state index is 12.2. The topological polar surface area (TPSA) is 74.4 Å². The third-order valence-corrected chi connectivity index (χ3v) is 3.97. The number of hydrogen-bond donors (Lipinski definition) is 4. The fraction of sp³-hybridized carbons (Fsp3) is 0.500. The summed E-state index contributed by atoms with van der Waals surface area (Å²) in [6.45, 7) is 4.60. The highest BCUT2D eigenvalue weighted by Crippen LogP contribution is 2.28. The highest BCUT2D eigenvalue weighted by atomic mass is 16.8. The average molecular weight is 276 g/mol. The molecule has 6 heteroatoms. The zero-order valence-electron chi connectivity index (χ0n) is 11.7. The fourth-order valence-electron chi connectivity index (χ4n) is 2.65. The minimum atomic E-state index is -0.184. The molecule has 2 aliphatic rings. The third kappa shape index (κ3) is 2.49. The van der Waals surface area contributed by atoms with Crippen LogP contribution in [0.5, 0.6) is 0 Å². The smallest absolute Gasteiger partial charge is 0.242 e. The van der Waals surface area contributed by atoms with Crippen molar-refractivity contribution in [2.75, 3.05) is 11.9 Å². The first kappa shape index (κ1) is 13.4. The van der Waals surface area contributed by atoms with Gasteiger partial charge in [-0.05, 0) is 25.0 Å². The summed E-state index contributed by atoms with van der Waals surface area (Å²) in [6, 6.07) is 6.23. The standard InChI is InChI=1S/C14H20N4O2/c1-8-4-3-5-10-6-11(16-13(8)10)14(19)15-7-12-9(2)17-20-18-12/h3-5,9,11-12,16-18H,6-7H2,1-2H3,(H,15,19). The largest absolute Gasteiger partial charge is 0.373 e. The molecule has 3 unspecified atom stereocenters. The number of amides is 1. The van der Waals surface area contributed by atoms with Gasteiger partial charge in [-0.1, -0.05) is 18.2 Å². The van der Waals surface area contributed by atoms with Gasteiger partial charge in [0.15, 0.2) is 0 Å². The maximum Gasteiger partial charge on any atom is 0.242 e. The molecule has 1 aromatic carbocycles. The SMILES string of the molecule is Cc1cccc2c1NC(C(=O)NCC1NONC1C)C2. The summed E-state index contributed by atoms with van der Waals surface area (Å²) in [5.41, 5.74) is 9.13. The average Bonchev–Trinajstić information content (AvgIpc) is 3.03. The van der Waals surface area contributed by atoms with Crippen molar-refractivity contribution in [1.82, 2.24) is 16.3 Å². The summed E-state index contributed by atoms with van der Waals surface area (Å²) < 4.78 is 0. The Bertz CT molecular complexity index is 520. The zero-order chi connectivity index (χ0) is 14.1. The molecule has 108 valence electrons. The second-order valence-corrected chi connectivity index (χ2v) is 5.49. The molecule has 1 saturated heterocycles. The van der Waals surface area contributed by atoms with Crippen LogP contribution in [-0.2, 0) is 16.2 Å². The van der Waals surface area contributed by atoms with Crippen molar-refractivity contribution in [2.24, 2.45) is 0 Å². The van der Waals surface area contributed by atoms with Crippen molar-refractivity contribution < 1.29 is 9.73 Å². The van der Waals surface area contributed by atoms with E-state index in [9.17, 15) is 4.79 Å². The van der Waals surface area contributed by atoms with E-state index in [-0.39, 0.29) is 24.0 Å². The van der Waals surface area contributed by atoms with Crippen LogP contribution in [0.2, 0.25) is 0 Å². The third-order valence-electron chi connectivity index (χ3n) is 3.97. The number of nitrogens with one attached hydrogen (secondary N) is 4. The number of rotatable bonds is 3. The molecule has 0 saturated carbocycles. The van der Waals surface area contributed by atoms with Gasteiger partial charge in [-0.3, -0.25) is 4.79 Å². The van der Waals surface area contributed by atoms with E-state index < -0.39 is 0 Å². The number of para-hydroxylation sites is 1. The molecule has 0 bridgehead atoms. The Kier molecular flexibility index (Phi) is 3.60. The van der Waals surface area contributed by atoms with Gasteiger partial charge in [-0.2, -0.15) is 11.0 Å². The van der Waals surface area contributed by atoms with Crippen LogP contribution in [0.4, 0.5) is 5.69 Å². The van der Waals surface area contributed by atoms with Gasteiger partial charge in [0, 0.05) is 18.7 Å². The molecule has 1 aromatic rings. The molecule has 3 rings (SSSR count). The first-order chi connectivity index (χ1) is 9.65. The summed E-state index contributed by atoms with van der Waals surface area (Å²) in [4.78, 5) is 17.2. The van der Waals surface area contributed by atoms with E-state index in [0.29, 0.717) is 6.54 Å². The number of aryl methyl sites for hydroxylation is 1. The number of hydroxylamine groups is 2. The van der Waals surface area contributed by atoms with Crippen LogP contribution >= 0.6 is 0 Å². The fourth-order valence-corrected chi connectivity index (χ4v) is 2.65. The van der Waals surface area contributed by atoms with Crippen molar-refractivity contribution in [3.05, 3.63) is 29.3 Å². The minimum absolute atomic E-state index is 0.0292. The van der Waals surface area contributed by atoms with Gasteiger partial charge in [0.2, 0.25) is 5.91 Å². The van der Waals surface area contributed by atoms with Gasteiger partial charge in [0.1, 0.15) is 6.04 Å². The summed E-state index contributed by atoms with van der Waals surface area (Å²) in [7, 11) is 0.